The van der Waals surface area contributed by atoms with Gasteiger partial charge in [-0.05, 0) is 31.5 Å². The van der Waals surface area contributed by atoms with E-state index in [2.05, 4.69) is 21.8 Å². The van der Waals surface area contributed by atoms with Gasteiger partial charge < -0.3 is 19.2 Å². The van der Waals surface area contributed by atoms with Gasteiger partial charge >= 0.3 is 0 Å². The Hall–Kier alpha value is -3.00. The summed E-state index contributed by atoms with van der Waals surface area (Å²) in [6.45, 7) is 8.83. The number of benzene rings is 1. The number of hydrogen-bond acceptors (Lipinski definition) is 7. The molecule has 0 unspecified atom stereocenters. The molecule has 1 aromatic carbocycles. The Morgan fingerprint density at radius 3 is 2.74 bits per heavy atom. The molecular formula is C19H19FN4O3. The van der Waals surface area contributed by atoms with Gasteiger partial charge in [0, 0.05) is 6.54 Å². The molecule has 3 heterocycles. The van der Waals surface area contributed by atoms with Crippen LogP contribution in [0, 0.1) is 5.82 Å². The first kappa shape index (κ1) is 17.4. The molecule has 0 atom stereocenters. The first-order valence-corrected chi connectivity index (χ1v) is 8.55. The van der Waals surface area contributed by atoms with Crippen LogP contribution in [0.15, 0.2) is 51.7 Å². The van der Waals surface area contributed by atoms with Crippen molar-refractivity contribution in [3.05, 3.63) is 65.5 Å². The molecule has 2 aromatic rings. The van der Waals surface area contributed by atoms with Gasteiger partial charge in [-0.1, -0.05) is 18.7 Å². The maximum absolute atomic E-state index is 13.0. The molecule has 0 spiro atoms. The van der Waals surface area contributed by atoms with Crippen molar-refractivity contribution < 1.29 is 18.7 Å². The third-order valence-electron chi connectivity index (χ3n) is 4.55. The zero-order valence-corrected chi connectivity index (χ0v) is 15.1. The minimum Gasteiger partial charge on any atom is -0.504 e. The fourth-order valence-electron chi connectivity index (χ4n) is 3.12. The molecule has 2 aliphatic rings. The van der Waals surface area contributed by atoms with Crippen molar-refractivity contribution in [3.8, 4) is 0 Å². The van der Waals surface area contributed by atoms with E-state index in [1.807, 2.05) is 18.7 Å². The normalized spacial score (nSPS) is 19.1. The van der Waals surface area contributed by atoms with Gasteiger partial charge in [-0.15, -0.1) is 10.2 Å². The third kappa shape index (κ3) is 3.12. The minimum absolute atomic E-state index is 0.0966. The summed E-state index contributed by atoms with van der Waals surface area (Å²) in [5, 5.41) is 18.6. The van der Waals surface area contributed by atoms with E-state index in [9.17, 15) is 9.50 Å². The predicted octanol–water partition coefficient (Wildman–Crippen LogP) is 3.06. The van der Waals surface area contributed by atoms with Crippen molar-refractivity contribution >= 4 is 11.5 Å². The molecule has 0 radical (unpaired) electrons. The summed E-state index contributed by atoms with van der Waals surface area (Å²) in [7, 11) is 0. The fourth-order valence-corrected chi connectivity index (χ4v) is 3.12. The molecule has 7 nitrogen and oxygen atoms in total. The SMILES string of the molecule is C=C1C(O)=C(c2nnc(Cc3ccc(F)cc3)o2)N=C2N1CCOC2(C)C. The van der Waals surface area contributed by atoms with Crippen molar-refractivity contribution in [2.24, 2.45) is 4.99 Å². The molecule has 1 N–H and O–H groups in total. The Labute approximate surface area is 155 Å². The van der Waals surface area contributed by atoms with Crippen molar-refractivity contribution in [1.82, 2.24) is 15.1 Å². The predicted molar refractivity (Wildman–Crippen MR) is 96.4 cm³/mol. The molecule has 2 aliphatic heterocycles. The van der Waals surface area contributed by atoms with Gasteiger partial charge in [-0.3, -0.25) is 0 Å². The molecule has 8 heteroatoms. The van der Waals surface area contributed by atoms with E-state index in [-0.39, 0.29) is 23.2 Å². The smallest absolute Gasteiger partial charge is 0.270 e. The molecule has 27 heavy (non-hydrogen) atoms. The van der Waals surface area contributed by atoms with Crippen LogP contribution in [0.5, 0.6) is 0 Å². The van der Waals surface area contributed by atoms with E-state index in [1.165, 1.54) is 12.1 Å². The number of morpholine rings is 1. The Morgan fingerprint density at radius 2 is 2.00 bits per heavy atom. The molecule has 0 bridgehead atoms. The average molecular weight is 370 g/mol. The summed E-state index contributed by atoms with van der Waals surface area (Å²) in [5.41, 5.74) is 0.786. The van der Waals surface area contributed by atoms with Crippen LogP contribution in [-0.2, 0) is 11.2 Å². The van der Waals surface area contributed by atoms with Gasteiger partial charge in [0.15, 0.2) is 11.5 Å². The number of ether oxygens (including phenoxy) is 1. The average Bonchev–Trinajstić information content (AvgIpc) is 3.08. The molecule has 1 aromatic heterocycles. The van der Waals surface area contributed by atoms with Gasteiger partial charge in [0.25, 0.3) is 5.89 Å². The third-order valence-corrected chi connectivity index (χ3v) is 4.55. The second kappa shape index (κ2) is 6.31. The van der Waals surface area contributed by atoms with Gasteiger partial charge in [0.05, 0.1) is 18.7 Å². The van der Waals surface area contributed by atoms with E-state index in [0.717, 1.165) is 5.56 Å². The van der Waals surface area contributed by atoms with Crippen LogP contribution < -0.4 is 0 Å². The van der Waals surface area contributed by atoms with Gasteiger partial charge in [-0.25, -0.2) is 9.38 Å². The molecule has 1 saturated heterocycles. The maximum Gasteiger partial charge on any atom is 0.270 e. The number of nitrogens with zero attached hydrogens (tertiary/aromatic N) is 4. The van der Waals surface area contributed by atoms with Crippen LogP contribution in [0.25, 0.3) is 5.70 Å². The van der Waals surface area contributed by atoms with Gasteiger partial charge in [-0.2, -0.15) is 0 Å². The van der Waals surface area contributed by atoms with E-state index < -0.39 is 5.60 Å². The van der Waals surface area contributed by atoms with Crippen LogP contribution in [0.3, 0.4) is 0 Å². The van der Waals surface area contributed by atoms with Crippen LogP contribution in [-0.4, -0.2) is 44.8 Å². The van der Waals surface area contributed by atoms with Crippen molar-refractivity contribution in [1.29, 1.82) is 0 Å². The quantitative estimate of drug-likeness (QED) is 0.894. The number of aliphatic hydroxyl groups excluding tert-OH is 1. The zero-order chi connectivity index (χ0) is 19.2. The summed E-state index contributed by atoms with van der Waals surface area (Å²) in [5.74, 6) is 0.653. The van der Waals surface area contributed by atoms with Crippen molar-refractivity contribution in [2.75, 3.05) is 13.2 Å². The summed E-state index contributed by atoms with van der Waals surface area (Å²) >= 11 is 0. The molecule has 1 fully saturated rings. The standard InChI is InChI=1S/C19H19FN4O3/c1-11-16(25)15(21-18-19(2,3)26-9-8-24(11)18)17-23-22-14(27-17)10-12-4-6-13(20)7-5-12/h4-7,25H,1,8-10H2,2-3H3. The van der Waals surface area contributed by atoms with E-state index in [4.69, 9.17) is 9.15 Å². The van der Waals surface area contributed by atoms with Crippen molar-refractivity contribution in [2.45, 2.75) is 25.9 Å². The zero-order valence-electron chi connectivity index (χ0n) is 15.1. The molecule has 4 rings (SSSR count). The highest BCUT2D eigenvalue weighted by molar-refractivity contribution is 5.98. The Kier molecular flexibility index (Phi) is 4.07. The molecule has 0 aliphatic carbocycles. The summed E-state index contributed by atoms with van der Waals surface area (Å²) in [4.78, 5) is 6.36. The second-order valence-corrected chi connectivity index (χ2v) is 6.89. The monoisotopic (exact) mass is 370 g/mol. The largest absolute Gasteiger partial charge is 0.504 e. The number of amidine groups is 1. The van der Waals surface area contributed by atoms with Crippen LogP contribution in [0.1, 0.15) is 31.2 Å². The first-order chi connectivity index (χ1) is 12.8. The number of rotatable bonds is 3. The van der Waals surface area contributed by atoms with E-state index >= 15 is 0 Å². The lowest BCUT2D eigenvalue weighted by Gasteiger charge is -2.42. The second-order valence-electron chi connectivity index (χ2n) is 6.89. The van der Waals surface area contributed by atoms with Crippen LogP contribution in [0.4, 0.5) is 4.39 Å². The summed E-state index contributed by atoms with van der Waals surface area (Å²) in [6.07, 6.45) is 0.347. The molecule has 0 amide bonds. The van der Waals surface area contributed by atoms with Gasteiger partial charge in [0.1, 0.15) is 17.3 Å². The highest BCUT2D eigenvalue weighted by Gasteiger charge is 2.40. The topological polar surface area (TPSA) is 84.0 Å². The van der Waals surface area contributed by atoms with Crippen molar-refractivity contribution in [3.63, 3.8) is 0 Å². The maximum atomic E-state index is 13.0. The van der Waals surface area contributed by atoms with Crippen LogP contribution in [0.2, 0.25) is 0 Å². The molecule has 0 saturated carbocycles. The fraction of sp³-hybridized carbons (Fsp3) is 0.316. The Balaban J connectivity index is 1.66. The number of aliphatic imine (C=N–C) groups is 1. The molecule has 140 valence electrons. The lowest BCUT2D eigenvalue weighted by Crippen LogP contribution is -2.54. The first-order valence-electron chi connectivity index (χ1n) is 8.55. The summed E-state index contributed by atoms with van der Waals surface area (Å²) in [6, 6.07) is 6.05. The van der Waals surface area contributed by atoms with Gasteiger partial charge in [0.2, 0.25) is 5.89 Å². The minimum atomic E-state index is -0.635. The lowest BCUT2D eigenvalue weighted by atomic mass is 10.0. The van der Waals surface area contributed by atoms with Crippen LogP contribution >= 0.6 is 0 Å². The number of halogens is 1. The highest BCUT2D eigenvalue weighted by Crippen LogP contribution is 2.34. The molecular weight excluding hydrogens is 351 g/mol. The van der Waals surface area contributed by atoms with E-state index in [0.29, 0.717) is 37.0 Å². The Morgan fingerprint density at radius 1 is 1.26 bits per heavy atom. The van der Waals surface area contributed by atoms with E-state index in [1.54, 1.807) is 12.1 Å². The number of aromatic nitrogens is 2. The highest BCUT2D eigenvalue weighted by atomic mass is 19.1. The Bertz CT molecular complexity index is 960. The number of hydrogen-bond donors (Lipinski definition) is 1. The summed E-state index contributed by atoms with van der Waals surface area (Å²) < 4.78 is 24.5. The number of aliphatic hydroxyl groups is 1. The number of fused-ring (bicyclic) bond motifs is 1. The lowest BCUT2D eigenvalue weighted by molar-refractivity contribution is -0.000997.